The van der Waals surface area contributed by atoms with E-state index in [-0.39, 0.29) is 26.3 Å². The van der Waals surface area contributed by atoms with Crippen LogP contribution in [0.4, 0.5) is 4.79 Å². The van der Waals surface area contributed by atoms with Gasteiger partial charge >= 0.3 is 12.1 Å². The van der Waals surface area contributed by atoms with Gasteiger partial charge in [-0.25, -0.2) is 4.79 Å². The summed E-state index contributed by atoms with van der Waals surface area (Å²) in [7, 11) is 1.22. The molecule has 1 atom stereocenters. The first kappa shape index (κ1) is 16.9. The highest BCUT2D eigenvalue weighted by molar-refractivity contribution is 5.78. The van der Waals surface area contributed by atoms with E-state index in [1.54, 1.807) is 0 Å². The van der Waals surface area contributed by atoms with Gasteiger partial charge in [-0.05, 0) is 5.56 Å². The molecule has 0 spiro atoms. The van der Waals surface area contributed by atoms with Crippen LogP contribution >= 0.6 is 0 Å². The van der Waals surface area contributed by atoms with Crippen LogP contribution in [0.15, 0.2) is 30.3 Å². The molecule has 1 rings (SSSR count). The number of nitrogens with zero attached hydrogens (tertiary/aromatic N) is 1. The molecule has 21 heavy (non-hydrogen) atoms. The topological polar surface area (TPSA) is 102 Å². The molecule has 0 aliphatic rings. The van der Waals surface area contributed by atoms with E-state index < -0.39 is 18.1 Å². The van der Waals surface area contributed by atoms with Gasteiger partial charge in [0.05, 0.1) is 13.7 Å². The van der Waals surface area contributed by atoms with Crippen LogP contribution in [-0.4, -0.2) is 54.9 Å². The van der Waals surface area contributed by atoms with E-state index in [4.69, 9.17) is 15.6 Å². The first-order valence-corrected chi connectivity index (χ1v) is 6.45. The Kier molecular flexibility index (Phi) is 7.20. The van der Waals surface area contributed by atoms with Crippen molar-refractivity contribution in [1.29, 1.82) is 0 Å². The summed E-state index contributed by atoms with van der Waals surface area (Å²) in [5, 5.41) is 8.94. The summed E-state index contributed by atoms with van der Waals surface area (Å²) >= 11 is 0. The number of amides is 1. The Morgan fingerprint density at radius 2 is 2.00 bits per heavy atom. The summed E-state index contributed by atoms with van der Waals surface area (Å²) in [6.07, 6.45) is -0.687. The number of hydrogen-bond acceptors (Lipinski definition) is 6. The van der Waals surface area contributed by atoms with Gasteiger partial charge in [0.25, 0.3) is 0 Å². The third-order valence-electron chi connectivity index (χ3n) is 2.70. The Hall–Kier alpha value is -2.12. The van der Waals surface area contributed by atoms with Crippen LogP contribution in [0.1, 0.15) is 5.56 Å². The molecule has 1 amide bonds. The van der Waals surface area contributed by atoms with Gasteiger partial charge < -0.3 is 20.3 Å². The number of carbonyl (C=O) groups excluding carboxylic acids is 2. The van der Waals surface area contributed by atoms with E-state index in [1.165, 1.54) is 7.11 Å². The molecule has 0 saturated carbocycles. The highest BCUT2D eigenvalue weighted by atomic mass is 16.6. The lowest BCUT2D eigenvalue weighted by molar-refractivity contribution is -0.141. The Morgan fingerprint density at radius 1 is 1.33 bits per heavy atom. The minimum absolute atomic E-state index is 0.000771. The predicted octanol–water partition coefficient (Wildman–Crippen LogP) is 0.118. The largest absolute Gasteiger partial charge is 0.468 e. The molecular formula is C14H20N2O5. The number of hydrogen-bond donors (Lipinski definition) is 2. The standard InChI is InChI=1S/C14H20N2O5/c1-20-13(18)8-16(7-12(15)9-17)14(19)21-10-11-5-3-2-4-6-11/h2-6,12,17H,7-10,15H2,1H3. The second kappa shape index (κ2) is 8.93. The number of rotatable bonds is 7. The normalized spacial score (nSPS) is 11.6. The Balaban J connectivity index is 2.59. The fourth-order valence-corrected chi connectivity index (χ4v) is 1.58. The van der Waals surface area contributed by atoms with Crippen molar-refractivity contribution in [2.45, 2.75) is 12.6 Å². The van der Waals surface area contributed by atoms with Crippen molar-refractivity contribution in [2.75, 3.05) is 26.8 Å². The smallest absolute Gasteiger partial charge is 0.410 e. The zero-order valence-electron chi connectivity index (χ0n) is 11.9. The van der Waals surface area contributed by atoms with E-state index in [0.717, 1.165) is 10.5 Å². The maximum atomic E-state index is 12.0. The van der Waals surface area contributed by atoms with E-state index in [9.17, 15) is 9.59 Å². The van der Waals surface area contributed by atoms with Crippen molar-refractivity contribution >= 4 is 12.1 Å². The molecule has 7 heteroatoms. The molecule has 3 N–H and O–H groups in total. The van der Waals surface area contributed by atoms with Gasteiger partial charge in [-0.3, -0.25) is 9.69 Å². The van der Waals surface area contributed by atoms with Gasteiger partial charge in [0, 0.05) is 12.6 Å². The molecule has 0 saturated heterocycles. The Labute approximate surface area is 123 Å². The van der Waals surface area contributed by atoms with Crippen LogP contribution in [0.3, 0.4) is 0 Å². The molecule has 7 nitrogen and oxygen atoms in total. The molecule has 116 valence electrons. The van der Waals surface area contributed by atoms with E-state index in [1.807, 2.05) is 30.3 Å². The van der Waals surface area contributed by atoms with Crippen LogP contribution in [0.25, 0.3) is 0 Å². The Morgan fingerprint density at radius 3 is 2.57 bits per heavy atom. The number of aliphatic hydroxyl groups excluding tert-OH is 1. The second-order valence-electron chi connectivity index (χ2n) is 4.44. The van der Waals surface area contributed by atoms with Crippen LogP contribution < -0.4 is 5.73 Å². The van der Waals surface area contributed by atoms with Crippen LogP contribution in [-0.2, 0) is 20.9 Å². The number of ether oxygens (including phenoxy) is 2. The molecular weight excluding hydrogens is 276 g/mol. The summed E-state index contributed by atoms with van der Waals surface area (Å²) in [6, 6.07) is 8.50. The van der Waals surface area contributed by atoms with Gasteiger partial charge in [0.15, 0.2) is 0 Å². The lowest BCUT2D eigenvalue weighted by Crippen LogP contribution is -2.45. The number of nitrogens with two attached hydrogens (primary N) is 1. The average Bonchev–Trinajstić information content (AvgIpc) is 2.52. The Bertz CT molecular complexity index is 452. The zero-order chi connectivity index (χ0) is 15.7. The molecule has 0 bridgehead atoms. The van der Waals surface area contributed by atoms with Crippen molar-refractivity contribution in [3.63, 3.8) is 0 Å². The fourth-order valence-electron chi connectivity index (χ4n) is 1.58. The van der Waals surface area contributed by atoms with Crippen molar-refractivity contribution in [3.05, 3.63) is 35.9 Å². The third kappa shape index (κ3) is 6.24. The molecule has 0 radical (unpaired) electrons. The molecule has 1 aromatic rings. The summed E-state index contributed by atoms with van der Waals surface area (Å²) < 4.78 is 9.64. The zero-order valence-corrected chi connectivity index (χ0v) is 11.9. The molecule has 1 aromatic carbocycles. The number of methoxy groups -OCH3 is 1. The van der Waals surface area contributed by atoms with E-state index >= 15 is 0 Å². The van der Waals surface area contributed by atoms with Gasteiger partial charge in [-0.1, -0.05) is 30.3 Å². The fraction of sp³-hybridized carbons (Fsp3) is 0.429. The summed E-state index contributed by atoms with van der Waals surface area (Å²) in [4.78, 5) is 24.4. The minimum Gasteiger partial charge on any atom is -0.468 e. The van der Waals surface area contributed by atoms with Crippen molar-refractivity contribution in [2.24, 2.45) is 5.73 Å². The van der Waals surface area contributed by atoms with E-state index in [0.29, 0.717) is 0 Å². The first-order chi connectivity index (χ1) is 10.1. The van der Waals surface area contributed by atoms with Crippen LogP contribution in [0, 0.1) is 0 Å². The minimum atomic E-state index is -0.687. The molecule has 0 fully saturated rings. The second-order valence-corrected chi connectivity index (χ2v) is 4.44. The SMILES string of the molecule is COC(=O)CN(CC(N)CO)C(=O)OCc1ccccc1. The van der Waals surface area contributed by atoms with Gasteiger partial charge in [-0.15, -0.1) is 0 Å². The number of esters is 1. The number of carbonyl (C=O) groups is 2. The monoisotopic (exact) mass is 296 g/mol. The predicted molar refractivity (Wildman–Crippen MR) is 75.3 cm³/mol. The van der Waals surface area contributed by atoms with Gasteiger partial charge in [-0.2, -0.15) is 0 Å². The lowest BCUT2D eigenvalue weighted by Gasteiger charge is -2.23. The molecule has 0 heterocycles. The summed E-state index contributed by atoms with van der Waals surface area (Å²) in [5.41, 5.74) is 6.41. The van der Waals surface area contributed by atoms with Crippen molar-refractivity contribution < 1.29 is 24.2 Å². The van der Waals surface area contributed by atoms with Crippen molar-refractivity contribution in [1.82, 2.24) is 4.90 Å². The highest BCUT2D eigenvalue weighted by Crippen LogP contribution is 2.04. The lowest BCUT2D eigenvalue weighted by atomic mass is 10.2. The summed E-state index contributed by atoms with van der Waals surface area (Å²) in [6.45, 7) is -0.494. The van der Waals surface area contributed by atoms with Crippen molar-refractivity contribution in [3.8, 4) is 0 Å². The van der Waals surface area contributed by atoms with Crippen LogP contribution in [0.5, 0.6) is 0 Å². The maximum Gasteiger partial charge on any atom is 0.410 e. The average molecular weight is 296 g/mol. The molecule has 1 unspecified atom stereocenters. The van der Waals surface area contributed by atoms with E-state index in [2.05, 4.69) is 4.74 Å². The van der Waals surface area contributed by atoms with Gasteiger partial charge in [0.1, 0.15) is 13.2 Å². The highest BCUT2D eigenvalue weighted by Gasteiger charge is 2.21. The molecule has 0 aromatic heterocycles. The number of benzene rings is 1. The molecule has 0 aliphatic heterocycles. The summed E-state index contributed by atoms with van der Waals surface area (Å²) in [5.74, 6) is -0.586. The molecule has 0 aliphatic carbocycles. The van der Waals surface area contributed by atoms with Crippen LogP contribution in [0.2, 0.25) is 0 Å². The quantitative estimate of drug-likeness (QED) is 0.693. The van der Waals surface area contributed by atoms with Gasteiger partial charge in [0.2, 0.25) is 0 Å². The first-order valence-electron chi connectivity index (χ1n) is 6.45. The third-order valence-corrected chi connectivity index (χ3v) is 2.70. The maximum absolute atomic E-state index is 12.0. The number of aliphatic hydroxyl groups is 1.